The third kappa shape index (κ3) is 4.46. The first-order chi connectivity index (χ1) is 10.1. The van der Waals surface area contributed by atoms with Crippen molar-refractivity contribution in [2.45, 2.75) is 13.0 Å². The van der Waals surface area contributed by atoms with E-state index in [1.54, 1.807) is 18.2 Å². The Morgan fingerprint density at radius 2 is 1.86 bits per heavy atom. The number of carbonyl (C=O) groups excluding carboxylic acids is 1. The van der Waals surface area contributed by atoms with Gasteiger partial charge < -0.3 is 10.6 Å². The van der Waals surface area contributed by atoms with Crippen molar-refractivity contribution >= 4 is 23.2 Å². The van der Waals surface area contributed by atoms with Gasteiger partial charge in [-0.05, 0) is 42.8 Å². The standard InChI is InChI=1S/C16H16ClFN2O/c1-11(14-4-2-3-5-15(14)17)20-16(21)10-19-13-8-6-12(18)7-9-13/h2-9,11,19H,10H2,1H3,(H,20,21). The van der Waals surface area contributed by atoms with Crippen molar-refractivity contribution < 1.29 is 9.18 Å². The van der Waals surface area contributed by atoms with Gasteiger partial charge in [-0.25, -0.2) is 4.39 Å². The molecule has 1 unspecified atom stereocenters. The third-order valence-electron chi connectivity index (χ3n) is 3.05. The highest BCUT2D eigenvalue weighted by Crippen LogP contribution is 2.21. The normalized spacial score (nSPS) is 11.8. The first kappa shape index (κ1) is 15.3. The number of carbonyl (C=O) groups is 1. The molecule has 2 aromatic carbocycles. The zero-order valence-electron chi connectivity index (χ0n) is 11.6. The maximum Gasteiger partial charge on any atom is 0.239 e. The summed E-state index contributed by atoms with van der Waals surface area (Å²) in [7, 11) is 0. The summed E-state index contributed by atoms with van der Waals surface area (Å²) in [6.45, 7) is 1.98. The topological polar surface area (TPSA) is 41.1 Å². The number of halogens is 2. The van der Waals surface area contributed by atoms with Gasteiger partial charge in [0.15, 0.2) is 0 Å². The predicted molar refractivity (Wildman–Crippen MR) is 82.9 cm³/mol. The van der Waals surface area contributed by atoms with Gasteiger partial charge in [-0.15, -0.1) is 0 Å². The van der Waals surface area contributed by atoms with Crippen LogP contribution in [-0.4, -0.2) is 12.5 Å². The molecule has 21 heavy (non-hydrogen) atoms. The average molecular weight is 307 g/mol. The van der Waals surface area contributed by atoms with Crippen LogP contribution >= 0.6 is 11.6 Å². The van der Waals surface area contributed by atoms with E-state index < -0.39 is 0 Å². The largest absolute Gasteiger partial charge is 0.376 e. The summed E-state index contributed by atoms with van der Waals surface area (Å²) in [5.74, 6) is -0.468. The zero-order chi connectivity index (χ0) is 15.2. The van der Waals surface area contributed by atoms with Crippen LogP contribution in [-0.2, 0) is 4.79 Å². The van der Waals surface area contributed by atoms with Crippen LogP contribution in [0.1, 0.15) is 18.5 Å². The van der Waals surface area contributed by atoms with Crippen LogP contribution in [0, 0.1) is 5.82 Å². The molecule has 3 nitrogen and oxygen atoms in total. The molecule has 2 rings (SSSR count). The molecule has 5 heteroatoms. The molecule has 0 aliphatic carbocycles. The Kier molecular flexibility index (Phi) is 5.17. The molecule has 1 amide bonds. The van der Waals surface area contributed by atoms with Gasteiger partial charge in [-0.2, -0.15) is 0 Å². The lowest BCUT2D eigenvalue weighted by Gasteiger charge is -2.16. The van der Waals surface area contributed by atoms with Crippen LogP contribution < -0.4 is 10.6 Å². The first-order valence-corrected chi connectivity index (χ1v) is 6.97. The van der Waals surface area contributed by atoms with E-state index >= 15 is 0 Å². The number of rotatable bonds is 5. The van der Waals surface area contributed by atoms with E-state index in [0.717, 1.165) is 5.56 Å². The molecule has 0 saturated heterocycles. The minimum Gasteiger partial charge on any atom is -0.376 e. The van der Waals surface area contributed by atoms with Gasteiger partial charge in [-0.1, -0.05) is 29.8 Å². The van der Waals surface area contributed by atoms with E-state index in [1.807, 2.05) is 25.1 Å². The van der Waals surface area contributed by atoms with Crippen molar-refractivity contribution in [2.24, 2.45) is 0 Å². The van der Waals surface area contributed by atoms with Crippen LogP contribution in [0.3, 0.4) is 0 Å². The summed E-state index contributed by atoms with van der Waals surface area (Å²) >= 11 is 6.09. The van der Waals surface area contributed by atoms with Crippen LogP contribution in [0.25, 0.3) is 0 Å². The van der Waals surface area contributed by atoms with E-state index in [-0.39, 0.29) is 24.3 Å². The van der Waals surface area contributed by atoms with Gasteiger partial charge in [-0.3, -0.25) is 4.79 Å². The molecule has 0 aliphatic heterocycles. The molecule has 0 aromatic heterocycles. The highest BCUT2D eigenvalue weighted by molar-refractivity contribution is 6.31. The van der Waals surface area contributed by atoms with Crippen molar-refractivity contribution in [3.63, 3.8) is 0 Å². The number of anilines is 1. The first-order valence-electron chi connectivity index (χ1n) is 6.59. The van der Waals surface area contributed by atoms with Crippen LogP contribution in [0.15, 0.2) is 48.5 Å². The van der Waals surface area contributed by atoms with Crippen molar-refractivity contribution in [3.05, 3.63) is 64.9 Å². The zero-order valence-corrected chi connectivity index (χ0v) is 12.3. The summed E-state index contributed by atoms with van der Waals surface area (Å²) in [6.07, 6.45) is 0. The van der Waals surface area contributed by atoms with E-state index in [1.165, 1.54) is 12.1 Å². The van der Waals surface area contributed by atoms with E-state index in [2.05, 4.69) is 10.6 Å². The fraction of sp³-hybridized carbons (Fsp3) is 0.188. The van der Waals surface area contributed by atoms with Crippen molar-refractivity contribution in [2.75, 3.05) is 11.9 Å². The molecule has 0 aliphatic rings. The number of benzene rings is 2. The Hall–Kier alpha value is -2.07. The summed E-state index contributed by atoms with van der Waals surface area (Å²) in [4.78, 5) is 11.9. The molecule has 110 valence electrons. The number of nitrogens with one attached hydrogen (secondary N) is 2. The molecule has 0 radical (unpaired) electrons. The maximum absolute atomic E-state index is 12.8. The minimum atomic E-state index is -0.308. The van der Waals surface area contributed by atoms with Gasteiger partial charge in [0.1, 0.15) is 5.82 Å². The van der Waals surface area contributed by atoms with Gasteiger partial charge >= 0.3 is 0 Å². The van der Waals surface area contributed by atoms with Crippen LogP contribution in [0.5, 0.6) is 0 Å². The summed E-state index contributed by atoms with van der Waals surface area (Å²) in [6, 6.07) is 13.1. The Morgan fingerprint density at radius 1 is 1.19 bits per heavy atom. The highest BCUT2D eigenvalue weighted by Gasteiger charge is 2.11. The van der Waals surface area contributed by atoms with Gasteiger partial charge in [0.05, 0.1) is 12.6 Å². The molecule has 1 atom stereocenters. The van der Waals surface area contributed by atoms with Gasteiger partial charge in [0, 0.05) is 10.7 Å². The lowest BCUT2D eigenvalue weighted by Crippen LogP contribution is -2.32. The lowest BCUT2D eigenvalue weighted by atomic mass is 10.1. The predicted octanol–water partition coefficient (Wildman–Crippen LogP) is 3.77. The van der Waals surface area contributed by atoms with Crippen LogP contribution in [0.4, 0.5) is 10.1 Å². The van der Waals surface area contributed by atoms with Crippen molar-refractivity contribution in [1.82, 2.24) is 5.32 Å². The quantitative estimate of drug-likeness (QED) is 0.883. The van der Waals surface area contributed by atoms with Gasteiger partial charge in [0.2, 0.25) is 5.91 Å². The summed E-state index contributed by atoms with van der Waals surface area (Å²) < 4.78 is 12.8. The highest BCUT2D eigenvalue weighted by atomic mass is 35.5. The molecular formula is C16H16ClFN2O. The van der Waals surface area contributed by atoms with E-state index in [4.69, 9.17) is 11.6 Å². The second-order valence-corrected chi connectivity index (χ2v) is 5.08. The smallest absolute Gasteiger partial charge is 0.239 e. The molecule has 2 N–H and O–H groups in total. The minimum absolute atomic E-state index is 0.112. The molecule has 0 spiro atoms. The average Bonchev–Trinajstić information content (AvgIpc) is 2.47. The van der Waals surface area contributed by atoms with E-state index in [0.29, 0.717) is 10.7 Å². The fourth-order valence-corrected chi connectivity index (χ4v) is 2.25. The van der Waals surface area contributed by atoms with Crippen molar-refractivity contribution in [1.29, 1.82) is 0 Å². The number of amides is 1. The monoisotopic (exact) mass is 306 g/mol. The second kappa shape index (κ2) is 7.09. The molecular weight excluding hydrogens is 291 g/mol. The van der Waals surface area contributed by atoms with E-state index in [9.17, 15) is 9.18 Å². The second-order valence-electron chi connectivity index (χ2n) is 4.67. The molecule has 0 bridgehead atoms. The molecule has 0 fully saturated rings. The third-order valence-corrected chi connectivity index (χ3v) is 3.39. The SMILES string of the molecule is CC(NC(=O)CNc1ccc(F)cc1)c1ccccc1Cl. The lowest BCUT2D eigenvalue weighted by molar-refractivity contribution is -0.120. The maximum atomic E-state index is 12.8. The van der Waals surface area contributed by atoms with Crippen LogP contribution in [0.2, 0.25) is 5.02 Å². The summed E-state index contributed by atoms with van der Waals surface area (Å²) in [5, 5.41) is 6.41. The Balaban J connectivity index is 1.87. The van der Waals surface area contributed by atoms with Gasteiger partial charge in [0.25, 0.3) is 0 Å². The Bertz CT molecular complexity index is 616. The molecule has 2 aromatic rings. The Labute approximate surface area is 128 Å². The molecule has 0 heterocycles. The number of hydrogen-bond donors (Lipinski definition) is 2. The van der Waals surface area contributed by atoms with Crippen molar-refractivity contribution in [3.8, 4) is 0 Å². The summed E-state index contributed by atoms with van der Waals surface area (Å²) in [5.41, 5.74) is 1.56. The fourth-order valence-electron chi connectivity index (χ4n) is 1.95. The Morgan fingerprint density at radius 3 is 2.52 bits per heavy atom. The number of hydrogen-bond acceptors (Lipinski definition) is 2. The molecule has 0 saturated carbocycles.